The molecule has 44 heavy (non-hydrogen) atoms. The molecule has 1 aromatic heterocycles. The molecule has 0 amide bonds. The number of esters is 1. The van der Waals surface area contributed by atoms with Crippen molar-refractivity contribution in [2.45, 2.75) is 58.3 Å². The Labute approximate surface area is 275 Å². The number of rotatable bonds is 10. The van der Waals surface area contributed by atoms with E-state index in [0.717, 1.165) is 52.2 Å². The summed E-state index contributed by atoms with van der Waals surface area (Å²) in [6.07, 6.45) is 2.84. The van der Waals surface area contributed by atoms with Crippen LogP contribution in [0.2, 0.25) is 5.02 Å². The molecule has 3 heterocycles. The second-order valence-corrected chi connectivity index (χ2v) is 13.5. The van der Waals surface area contributed by atoms with Gasteiger partial charge >= 0.3 is 5.97 Å². The Bertz CT molecular complexity index is 1600. The number of nitrogens with zero attached hydrogens (tertiary/aromatic N) is 2. The van der Waals surface area contributed by atoms with Gasteiger partial charge < -0.3 is 33.9 Å². The summed E-state index contributed by atoms with van der Waals surface area (Å²) in [6.45, 7) is 13.1. The number of methoxy groups -OCH3 is 1. The van der Waals surface area contributed by atoms with Gasteiger partial charge in [0.2, 0.25) is 5.88 Å². The molecule has 1 N–H and O–H groups in total. The van der Waals surface area contributed by atoms with Crippen LogP contribution < -0.4 is 14.4 Å². The van der Waals surface area contributed by atoms with Crippen molar-refractivity contribution in [3.8, 4) is 11.5 Å². The van der Waals surface area contributed by atoms with E-state index in [-0.39, 0.29) is 6.10 Å². The minimum Gasteiger partial charge on any atom is -0.504 e. The summed E-state index contributed by atoms with van der Waals surface area (Å²) in [6, 6.07) is 13.3. The lowest BCUT2D eigenvalue weighted by atomic mass is 10.0. The maximum absolute atomic E-state index is 12.8. The molecular weight excluding hydrogens is 668 g/mol. The summed E-state index contributed by atoms with van der Waals surface area (Å²) in [5, 5.41) is 11.7. The van der Waals surface area contributed by atoms with E-state index in [0.29, 0.717) is 33.0 Å². The van der Waals surface area contributed by atoms with Crippen molar-refractivity contribution in [1.82, 2.24) is 4.90 Å². The number of halogens is 2. The topological polar surface area (TPSA) is 80.7 Å². The Morgan fingerprint density at radius 1 is 1.25 bits per heavy atom. The van der Waals surface area contributed by atoms with E-state index in [2.05, 4.69) is 27.4 Å². The van der Waals surface area contributed by atoms with Gasteiger partial charge in [0.1, 0.15) is 28.7 Å². The van der Waals surface area contributed by atoms with Crippen molar-refractivity contribution in [3.05, 3.63) is 92.4 Å². The number of benzene rings is 2. The predicted molar refractivity (Wildman–Crippen MR) is 177 cm³/mol. The van der Waals surface area contributed by atoms with Crippen molar-refractivity contribution < 1.29 is 28.8 Å². The smallest absolute Gasteiger partial charge is 0.351 e. The largest absolute Gasteiger partial charge is 0.504 e. The highest BCUT2D eigenvalue weighted by Gasteiger charge is 2.43. The Morgan fingerprint density at radius 2 is 1.95 bits per heavy atom. The highest BCUT2D eigenvalue weighted by Crippen LogP contribution is 2.45. The minimum absolute atomic E-state index is 0.00918. The Kier molecular flexibility index (Phi) is 9.44. The maximum atomic E-state index is 12.8. The molecule has 0 bridgehead atoms. The van der Waals surface area contributed by atoms with Crippen LogP contribution in [-0.2, 0) is 9.47 Å². The number of anilines is 2. The molecule has 0 spiro atoms. The molecule has 5 rings (SSSR count). The zero-order valence-electron chi connectivity index (χ0n) is 25.4. The van der Waals surface area contributed by atoms with Gasteiger partial charge in [0, 0.05) is 54.8 Å². The number of thiophene rings is 1. The van der Waals surface area contributed by atoms with Crippen molar-refractivity contribution in [3.63, 3.8) is 0 Å². The number of aryl methyl sites for hydroxylation is 1. The van der Waals surface area contributed by atoms with Crippen LogP contribution in [0, 0.1) is 6.92 Å². The molecule has 8 nitrogen and oxygen atoms in total. The van der Waals surface area contributed by atoms with Crippen molar-refractivity contribution in [2.75, 3.05) is 25.1 Å². The van der Waals surface area contributed by atoms with E-state index in [1.54, 1.807) is 6.20 Å². The number of hydrogen-bond acceptors (Lipinski definition) is 9. The number of likely N-dealkylation sites (tertiary alicyclic amines) is 1. The minimum atomic E-state index is -0.621. The molecule has 3 aromatic rings. The number of ether oxygens (including phenoxy) is 4. The van der Waals surface area contributed by atoms with Gasteiger partial charge in [-0.05, 0) is 61.3 Å². The second kappa shape index (κ2) is 12.9. The van der Waals surface area contributed by atoms with Crippen LogP contribution in [0.5, 0.6) is 11.5 Å². The number of piperidine rings is 1. The summed E-state index contributed by atoms with van der Waals surface area (Å²) in [5.41, 5.74) is 2.02. The number of aliphatic hydroxyl groups is 1. The molecule has 0 saturated carbocycles. The van der Waals surface area contributed by atoms with E-state index in [9.17, 15) is 9.90 Å². The molecule has 234 valence electrons. The Morgan fingerprint density at radius 3 is 2.57 bits per heavy atom. The molecule has 2 aliphatic heterocycles. The fraction of sp³-hybridized carbons (Fsp3) is 0.364. The first-order valence-electron chi connectivity index (χ1n) is 14.3. The van der Waals surface area contributed by atoms with Crippen molar-refractivity contribution in [1.29, 1.82) is 0 Å². The van der Waals surface area contributed by atoms with Crippen LogP contribution in [0.4, 0.5) is 10.7 Å². The predicted octanol–water partition coefficient (Wildman–Crippen LogP) is 9.06. The zero-order valence-corrected chi connectivity index (χ0v) is 28.5. The van der Waals surface area contributed by atoms with Crippen LogP contribution in [0.1, 0.15) is 60.5 Å². The number of hydrogen-bond donors (Lipinski definition) is 1. The molecule has 11 heteroatoms. The van der Waals surface area contributed by atoms with Crippen molar-refractivity contribution in [2.24, 2.45) is 0 Å². The zero-order chi connectivity index (χ0) is 31.8. The summed E-state index contributed by atoms with van der Waals surface area (Å²) in [4.78, 5) is 17.1. The average Bonchev–Trinajstić information content (AvgIpc) is 3.41. The molecule has 2 aromatic carbocycles. The van der Waals surface area contributed by atoms with E-state index in [4.69, 9.17) is 30.5 Å². The molecular formula is C33H36BrClN2O6S. The van der Waals surface area contributed by atoms with E-state index >= 15 is 0 Å². The maximum Gasteiger partial charge on any atom is 0.351 e. The first kappa shape index (κ1) is 32.1. The summed E-state index contributed by atoms with van der Waals surface area (Å²) in [5.74, 6) is 1.47. The molecule has 1 atom stereocenters. The van der Waals surface area contributed by atoms with E-state index < -0.39 is 17.7 Å². The Balaban J connectivity index is 1.37. The third kappa shape index (κ3) is 6.39. The van der Waals surface area contributed by atoms with Crippen LogP contribution >= 0.6 is 38.9 Å². The summed E-state index contributed by atoms with van der Waals surface area (Å²) < 4.78 is 24.5. The van der Waals surface area contributed by atoms with Gasteiger partial charge in [-0.1, -0.05) is 36.4 Å². The molecule has 2 aliphatic rings. The standard InChI is InChI=1S/C33H36BrClN2O6S/c1-7-37(28-18-27(29(44-28)32(39)40-6)41-20(3)22-10-8-9-11-24(22)35)25-17-26(23(34)16-19(25)2)42-21-12-14-36(15-13-21)31-30(38)33(4,5)43-31/h7-11,16-18,20-21,38H,1,12-15H2,2-6H3/t20-/m1/s1. The van der Waals surface area contributed by atoms with Gasteiger partial charge in [0.15, 0.2) is 16.2 Å². The van der Waals surface area contributed by atoms with Crippen LogP contribution in [0.3, 0.4) is 0 Å². The van der Waals surface area contributed by atoms with Gasteiger partial charge in [0.05, 0.1) is 17.3 Å². The quantitative estimate of drug-likeness (QED) is 0.210. The lowest BCUT2D eigenvalue weighted by Gasteiger charge is -2.44. The SMILES string of the molecule is C=CN(c1cc(O[C@H](C)c2ccccc2Cl)c(C(=O)OC)s1)c1cc(OC2CCN(C3=C(O)C(C)(C)O3)CC2)c(Br)cc1C. The normalized spacial score (nSPS) is 16.9. The first-order chi connectivity index (χ1) is 20.9. The van der Waals surface area contributed by atoms with Gasteiger partial charge in [-0.3, -0.25) is 0 Å². The van der Waals surface area contributed by atoms with Gasteiger partial charge in [0.25, 0.3) is 0 Å². The monoisotopic (exact) mass is 702 g/mol. The molecule has 0 unspecified atom stereocenters. The summed E-state index contributed by atoms with van der Waals surface area (Å²) in [7, 11) is 1.35. The molecule has 1 fully saturated rings. The molecule has 0 radical (unpaired) electrons. The number of aliphatic hydroxyl groups excluding tert-OH is 1. The van der Waals surface area contributed by atoms with Gasteiger partial charge in [-0.25, -0.2) is 4.79 Å². The third-order valence-electron chi connectivity index (χ3n) is 7.78. The van der Waals surface area contributed by atoms with E-state index in [1.807, 2.05) is 75.1 Å². The van der Waals surface area contributed by atoms with Crippen LogP contribution in [0.25, 0.3) is 0 Å². The van der Waals surface area contributed by atoms with Crippen molar-refractivity contribution >= 4 is 55.5 Å². The van der Waals surface area contributed by atoms with Crippen LogP contribution in [-0.4, -0.2) is 47.9 Å². The fourth-order valence-electron chi connectivity index (χ4n) is 5.28. The lowest BCUT2D eigenvalue weighted by Crippen LogP contribution is -2.48. The van der Waals surface area contributed by atoms with Gasteiger partial charge in [-0.15, -0.1) is 11.3 Å². The van der Waals surface area contributed by atoms with E-state index in [1.165, 1.54) is 18.4 Å². The molecule has 0 aliphatic carbocycles. The highest BCUT2D eigenvalue weighted by atomic mass is 79.9. The Hall–Kier alpha value is -3.34. The van der Waals surface area contributed by atoms with Gasteiger partial charge in [-0.2, -0.15) is 0 Å². The second-order valence-electron chi connectivity index (χ2n) is 11.2. The molecule has 1 saturated heterocycles. The first-order valence-corrected chi connectivity index (χ1v) is 16.3. The highest BCUT2D eigenvalue weighted by molar-refractivity contribution is 9.10. The average molecular weight is 704 g/mol. The number of carbonyl (C=O) groups excluding carboxylic acids is 1. The number of carbonyl (C=O) groups is 1. The fourth-order valence-corrected chi connectivity index (χ4v) is 7.14. The lowest BCUT2D eigenvalue weighted by molar-refractivity contribution is -0.0927. The summed E-state index contributed by atoms with van der Waals surface area (Å²) >= 11 is 11.3. The third-order valence-corrected chi connectivity index (χ3v) is 9.84. The van der Waals surface area contributed by atoms with Crippen LogP contribution in [0.15, 0.2) is 71.4 Å².